The molecule has 1 aliphatic carbocycles. The molecular weight excluding hydrogens is 367 g/mol. The Morgan fingerprint density at radius 2 is 1.96 bits per heavy atom. The minimum absolute atomic E-state index is 0.129. The summed E-state index contributed by atoms with van der Waals surface area (Å²) in [7, 11) is 0. The van der Waals surface area contributed by atoms with Crippen molar-refractivity contribution in [2.24, 2.45) is 5.41 Å². The van der Waals surface area contributed by atoms with Gasteiger partial charge in [-0.3, -0.25) is 9.69 Å². The van der Waals surface area contributed by atoms with Gasteiger partial charge in [-0.1, -0.05) is 25.4 Å². The van der Waals surface area contributed by atoms with Crippen LogP contribution in [0.4, 0.5) is 19.0 Å². The number of rotatable bonds is 1. The van der Waals surface area contributed by atoms with Crippen LogP contribution in [-0.2, 0) is 25.6 Å². The topological polar surface area (TPSA) is 38.1 Å². The van der Waals surface area contributed by atoms with Crippen molar-refractivity contribution in [3.8, 4) is 0 Å². The molecule has 2 aromatic heterocycles. The van der Waals surface area contributed by atoms with Crippen molar-refractivity contribution in [3.05, 3.63) is 45.9 Å². The van der Waals surface area contributed by atoms with Crippen LogP contribution in [0.1, 0.15) is 41.2 Å². The maximum absolute atomic E-state index is 13.4. The molecule has 0 radical (unpaired) electrons. The smallest absolute Gasteiger partial charge is 0.339 e. The average Bonchev–Trinajstić information content (AvgIpc) is 2.99. The lowest BCUT2D eigenvalue weighted by atomic mass is 9.90. The van der Waals surface area contributed by atoms with E-state index in [2.05, 4.69) is 18.8 Å². The van der Waals surface area contributed by atoms with Gasteiger partial charge < -0.3 is 4.57 Å². The number of amides is 1. The first-order chi connectivity index (χ1) is 12.1. The van der Waals surface area contributed by atoms with Gasteiger partial charge in [0.25, 0.3) is 5.91 Å². The molecule has 4 rings (SSSR count). The average molecular weight is 384 g/mol. The Morgan fingerprint density at radius 1 is 1.23 bits per heavy atom. The summed E-state index contributed by atoms with van der Waals surface area (Å²) in [6.07, 6.45) is -1.78. The zero-order valence-corrected chi connectivity index (χ0v) is 15.1. The fourth-order valence-electron chi connectivity index (χ4n) is 4.01. The van der Waals surface area contributed by atoms with Crippen molar-refractivity contribution in [1.82, 2.24) is 9.55 Å². The minimum atomic E-state index is -4.69. The monoisotopic (exact) mass is 383 g/mol. The molecule has 1 aliphatic heterocycles. The number of hydrogen-bond donors (Lipinski definition) is 0. The molecule has 0 unspecified atom stereocenters. The number of halogens is 4. The van der Waals surface area contributed by atoms with E-state index in [-0.39, 0.29) is 12.0 Å². The van der Waals surface area contributed by atoms with Gasteiger partial charge in [0.05, 0.1) is 5.02 Å². The van der Waals surface area contributed by atoms with E-state index in [4.69, 9.17) is 11.6 Å². The Morgan fingerprint density at radius 3 is 2.65 bits per heavy atom. The van der Waals surface area contributed by atoms with Crippen molar-refractivity contribution in [2.45, 2.75) is 39.4 Å². The predicted octanol–water partition coefficient (Wildman–Crippen LogP) is 4.34. The van der Waals surface area contributed by atoms with Gasteiger partial charge in [0.15, 0.2) is 0 Å². The second-order valence-electron chi connectivity index (χ2n) is 7.62. The third kappa shape index (κ3) is 2.60. The van der Waals surface area contributed by atoms with Crippen molar-refractivity contribution in [1.29, 1.82) is 0 Å². The van der Waals surface area contributed by atoms with E-state index in [9.17, 15) is 18.0 Å². The van der Waals surface area contributed by atoms with Crippen molar-refractivity contribution in [3.63, 3.8) is 0 Å². The van der Waals surface area contributed by atoms with Crippen LogP contribution in [0.25, 0.3) is 0 Å². The highest BCUT2D eigenvalue weighted by molar-refractivity contribution is 6.31. The molecule has 0 atom stereocenters. The zero-order chi connectivity index (χ0) is 18.9. The molecule has 0 saturated heterocycles. The van der Waals surface area contributed by atoms with Crippen LogP contribution in [0.15, 0.2) is 18.3 Å². The van der Waals surface area contributed by atoms with E-state index in [1.807, 2.05) is 10.6 Å². The van der Waals surface area contributed by atoms with Crippen molar-refractivity contribution < 1.29 is 18.0 Å². The summed E-state index contributed by atoms with van der Waals surface area (Å²) in [6.45, 7) is 4.91. The number of nitrogens with zero attached hydrogens (tertiary/aromatic N) is 3. The summed E-state index contributed by atoms with van der Waals surface area (Å²) in [5.74, 6) is -0.897. The molecule has 0 bridgehead atoms. The molecule has 0 N–H and O–H groups in total. The Bertz CT molecular complexity index is 917. The molecule has 2 aliphatic rings. The summed E-state index contributed by atoms with van der Waals surface area (Å²) in [6, 6.07) is 2.90. The molecule has 0 saturated carbocycles. The lowest BCUT2D eigenvalue weighted by Gasteiger charge is -2.31. The Kier molecular flexibility index (Phi) is 3.67. The van der Waals surface area contributed by atoms with E-state index < -0.39 is 28.5 Å². The summed E-state index contributed by atoms with van der Waals surface area (Å²) in [5, 5.41) is -0.458. The highest BCUT2D eigenvalue weighted by Gasteiger charge is 2.42. The van der Waals surface area contributed by atoms with Crippen LogP contribution >= 0.6 is 11.6 Å². The lowest BCUT2D eigenvalue weighted by molar-refractivity contribution is -0.137. The molecule has 0 aromatic carbocycles. The zero-order valence-electron chi connectivity index (χ0n) is 14.3. The third-order valence-corrected chi connectivity index (χ3v) is 5.36. The maximum Gasteiger partial charge on any atom is 0.421 e. The number of aromatic nitrogens is 2. The second kappa shape index (κ2) is 5.49. The highest BCUT2D eigenvalue weighted by atomic mass is 35.5. The molecule has 2 aromatic rings. The number of alkyl halides is 3. The van der Waals surface area contributed by atoms with Gasteiger partial charge in [-0.25, -0.2) is 4.98 Å². The third-order valence-electron chi connectivity index (χ3n) is 5.04. The van der Waals surface area contributed by atoms with Gasteiger partial charge in [-0.15, -0.1) is 0 Å². The van der Waals surface area contributed by atoms with Crippen LogP contribution in [0, 0.1) is 5.41 Å². The van der Waals surface area contributed by atoms with Gasteiger partial charge in [-0.2, -0.15) is 13.2 Å². The Labute approximate surface area is 153 Å². The Balaban J connectivity index is 1.76. The molecule has 1 amide bonds. The predicted molar refractivity (Wildman–Crippen MR) is 91.5 cm³/mol. The summed E-state index contributed by atoms with van der Waals surface area (Å²) in [4.78, 5) is 17.8. The van der Waals surface area contributed by atoms with E-state index in [0.717, 1.165) is 35.1 Å². The fourth-order valence-corrected chi connectivity index (χ4v) is 4.26. The fraction of sp³-hybridized carbons (Fsp3) is 0.444. The summed E-state index contributed by atoms with van der Waals surface area (Å²) >= 11 is 5.77. The normalized spacial score (nSPS) is 18.8. The maximum atomic E-state index is 13.4. The van der Waals surface area contributed by atoms with Crippen LogP contribution in [0.5, 0.6) is 0 Å². The molecule has 4 nitrogen and oxygen atoms in total. The van der Waals surface area contributed by atoms with E-state index in [0.29, 0.717) is 12.2 Å². The van der Waals surface area contributed by atoms with Gasteiger partial charge in [0, 0.05) is 25.0 Å². The first kappa shape index (κ1) is 17.4. The van der Waals surface area contributed by atoms with Crippen LogP contribution in [-0.4, -0.2) is 22.0 Å². The quantitative estimate of drug-likeness (QED) is 0.734. The van der Waals surface area contributed by atoms with Crippen LogP contribution in [0.2, 0.25) is 5.02 Å². The number of carbonyl (C=O) groups is 1. The minimum Gasteiger partial charge on any atom is -0.339 e. The molecule has 0 fully saturated rings. The van der Waals surface area contributed by atoms with Crippen LogP contribution in [0.3, 0.4) is 0 Å². The summed E-state index contributed by atoms with van der Waals surface area (Å²) < 4.78 is 42.3. The number of carbonyl (C=O) groups excluding carboxylic acids is 1. The van der Waals surface area contributed by atoms with Gasteiger partial charge >= 0.3 is 6.18 Å². The first-order valence-corrected chi connectivity index (χ1v) is 8.71. The number of hydrogen-bond acceptors (Lipinski definition) is 2. The lowest BCUT2D eigenvalue weighted by Crippen LogP contribution is -2.42. The number of fused-ring (bicyclic) bond motifs is 3. The molecule has 8 heteroatoms. The highest BCUT2D eigenvalue weighted by Crippen LogP contribution is 2.42. The summed E-state index contributed by atoms with van der Waals surface area (Å²) in [5.41, 5.74) is 1.73. The molecule has 0 spiro atoms. The molecule has 138 valence electrons. The van der Waals surface area contributed by atoms with Crippen molar-refractivity contribution in [2.75, 3.05) is 11.4 Å². The van der Waals surface area contributed by atoms with E-state index in [1.54, 1.807) is 0 Å². The molecular formula is C18H17ClF3N3O. The van der Waals surface area contributed by atoms with Gasteiger partial charge in [0.1, 0.15) is 17.1 Å². The van der Waals surface area contributed by atoms with E-state index in [1.165, 1.54) is 6.20 Å². The van der Waals surface area contributed by atoms with Crippen LogP contribution < -0.4 is 4.90 Å². The Hall–Kier alpha value is -2.02. The molecule has 3 heterocycles. The van der Waals surface area contributed by atoms with Gasteiger partial charge in [0.2, 0.25) is 0 Å². The first-order valence-electron chi connectivity index (χ1n) is 8.33. The van der Waals surface area contributed by atoms with E-state index >= 15 is 0 Å². The number of anilines is 1. The number of pyridine rings is 1. The SMILES string of the molecule is CC1(C)Cc2cc3n(c2C1)CCN(c1nccc(Cl)c1C(F)(F)F)C3=O. The standard InChI is InChI=1S/C18H17ClF3N3O/c1-17(2)8-10-7-12-16(26)25(6-5-24(12)13(10)9-17)15-14(18(20,21)22)11(19)3-4-23-15/h3-4,7H,5-6,8-9H2,1-2H3. The van der Waals surface area contributed by atoms with Crippen molar-refractivity contribution >= 4 is 23.3 Å². The van der Waals surface area contributed by atoms with Gasteiger partial charge in [-0.05, 0) is 36.0 Å². The second-order valence-corrected chi connectivity index (χ2v) is 8.02. The molecule has 26 heavy (non-hydrogen) atoms. The largest absolute Gasteiger partial charge is 0.421 e.